The third-order valence-corrected chi connectivity index (χ3v) is 7.81. The van der Waals surface area contributed by atoms with Crippen LogP contribution >= 0.6 is 11.3 Å². The molecule has 0 fully saturated rings. The Bertz CT molecular complexity index is 2180. The molecule has 8 rings (SSSR count). The summed E-state index contributed by atoms with van der Waals surface area (Å²) in [5.41, 5.74) is 9.65. The first-order valence-electron chi connectivity index (χ1n) is 13.7. The second kappa shape index (κ2) is 12.9. The van der Waals surface area contributed by atoms with Gasteiger partial charge in [-0.3, -0.25) is 29.7 Å². The molecule has 0 unspecified atom stereocenters. The first-order chi connectivity index (χ1) is 21.1. The Morgan fingerprint density at radius 3 is 2.32 bits per heavy atom. The normalized spacial score (nSPS) is 12.1. The summed E-state index contributed by atoms with van der Waals surface area (Å²) < 4.78 is 4.85. The Balaban J connectivity index is 0.000000117. The van der Waals surface area contributed by atoms with Crippen molar-refractivity contribution in [3.63, 3.8) is 0 Å². The number of pyridine rings is 3. The number of carbonyl (C=O) groups is 1. The molecule has 5 N–H and O–H groups in total. The van der Waals surface area contributed by atoms with Crippen molar-refractivity contribution in [3.05, 3.63) is 107 Å². The van der Waals surface area contributed by atoms with Crippen LogP contribution in [-0.4, -0.2) is 45.7 Å². The van der Waals surface area contributed by atoms with Crippen molar-refractivity contribution < 1.29 is 9.21 Å². The SMILES string of the molecule is Cc1ccnc2[nH]c(=O)[nH]c12.Cc1cnc2c(c1)CC(=O)CC2.Cc1cncc2[nH]c(=O)oc12.Cc1csc2[nH]c(=O)[nH]c12. The molecule has 0 atom stereocenters. The molecule has 0 saturated carbocycles. The average Bonchev–Trinajstić information content (AvgIpc) is 3.74. The molecule has 0 radical (unpaired) electrons. The molecular formula is C30H30N8O5S. The van der Waals surface area contributed by atoms with Gasteiger partial charge in [-0.1, -0.05) is 6.07 Å². The first kappa shape index (κ1) is 30.1. The fourth-order valence-electron chi connectivity index (χ4n) is 4.60. The molecule has 14 heteroatoms. The van der Waals surface area contributed by atoms with Gasteiger partial charge in [0.2, 0.25) is 0 Å². The first-order valence-corrected chi connectivity index (χ1v) is 14.5. The van der Waals surface area contributed by atoms with Crippen LogP contribution in [0.25, 0.3) is 32.6 Å². The number of rotatable bonds is 0. The topological polar surface area (TPSA) is 199 Å². The Kier molecular flexibility index (Phi) is 8.81. The number of Topliss-reactive ketones (excluding diaryl/α,β-unsaturated/α-hetero) is 1. The van der Waals surface area contributed by atoms with Crippen LogP contribution in [0.15, 0.2) is 61.1 Å². The van der Waals surface area contributed by atoms with E-state index < -0.39 is 5.76 Å². The largest absolute Gasteiger partial charge is 0.417 e. The van der Waals surface area contributed by atoms with Gasteiger partial charge in [0.1, 0.15) is 16.1 Å². The Morgan fingerprint density at radius 1 is 0.795 bits per heavy atom. The summed E-state index contributed by atoms with van der Waals surface area (Å²) in [7, 11) is 0. The number of nitrogens with zero attached hydrogens (tertiary/aromatic N) is 3. The van der Waals surface area contributed by atoms with Gasteiger partial charge in [0.05, 0.1) is 17.2 Å². The molecule has 226 valence electrons. The molecule has 0 bridgehead atoms. The molecule has 7 aromatic heterocycles. The van der Waals surface area contributed by atoms with E-state index in [0.29, 0.717) is 35.4 Å². The van der Waals surface area contributed by atoms with E-state index in [4.69, 9.17) is 4.42 Å². The van der Waals surface area contributed by atoms with Gasteiger partial charge in [-0.15, -0.1) is 11.3 Å². The fourth-order valence-corrected chi connectivity index (χ4v) is 5.50. The minimum Gasteiger partial charge on any atom is -0.407 e. The van der Waals surface area contributed by atoms with Gasteiger partial charge < -0.3 is 14.4 Å². The van der Waals surface area contributed by atoms with Crippen LogP contribution in [0.1, 0.15) is 39.9 Å². The number of fused-ring (bicyclic) bond motifs is 4. The van der Waals surface area contributed by atoms with Crippen LogP contribution in [0.5, 0.6) is 0 Å². The smallest absolute Gasteiger partial charge is 0.407 e. The molecule has 1 aliphatic carbocycles. The third-order valence-electron chi connectivity index (χ3n) is 6.80. The zero-order chi connectivity index (χ0) is 31.4. The quantitative estimate of drug-likeness (QED) is 0.168. The van der Waals surface area contributed by atoms with Crippen molar-refractivity contribution >= 4 is 49.7 Å². The highest BCUT2D eigenvalue weighted by Gasteiger charge is 2.16. The second-order valence-electron chi connectivity index (χ2n) is 10.3. The zero-order valence-corrected chi connectivity index (χ0v) is 25.3. The molecule has 0 amide bonds. The number of ketones is 1. The number of hydrogen-bond donors (Lipinski definition) is 5. The molecule has 0 aliphatic heterocycles. The fraction of sp³-hybridized carbons (Fsp3) is 0.233. The number of oxazole rings is 1. The van der Waals surface area contributed by atoms with E-state index in [-0.39, 0.29) is 11.4 Å². The van der Waals surface area contributed by atoms with Crippen LogP contribution in [0.3, 0.4) is 0 Å². The van der Waals surface area contributed by atoms with E-state index in [2.05, 4.69) is 45.9 Å². The van der Waals surface area contributed by atoms with E-state index in [9.17, 15) is 19.2 Å². The number of nitrogens with one attached hydrogen (secondary N) is 5. The predicted molar refractivity (Wildman–Crippen MR) is 168 cm³/mol. The van der Waals surface area contributed by atoms with Gasteiger partial charge in [0.25, 0.3) is 0 Å². The lowest BCUT2D eigenvalue weighted by Crippen LogP contribution is -2.14. The molecule has 13 nitrogen and oxygen atoms in total. The highest BCUT2D eigenvalue weighted by atomic mass is 32.1. The number of carbonyl (C=O) groups excluding carboxylic acids is 1. The standard InChI is InChI=1S/C10H11NO.C7H7N3O.C7H6N2O2.C6H6N2OS/c1-7-4-8-5-9(12)2-3-10(8)11-6-7;1-4-2-3-8-6-5(4)9-7(11)10-6;1-4-2-8-3-5-6(4)11-7(10)9-5;1-3-2-10-5-4(3)7-6(9)8-5/h4,6H,2-3,5H2,1H3;2-3H,1H3,(H2,8,9,10,11);2-3H,1H3,(H,9,10);2H,1H3,(H2,7,8,9). The van der Waals surface area contributed by atoms with E-state index >= 15 is 0 Å². The Morgan fingerprint density at radius 2 is 1.57 bits per heavy atom. The number of aryl methyl sites for hydroxylation is 5. The number of imidazole rings is 2. The molecule has 0 spiro atoms. The van der Waals surface area contributed by atoms with Crippen molar-refractivity contribution in [2.24, 2.45) is 0 Å². The minimum atomic E-state index is -0.434. The Labute approximate surface area is 252 Å². The summed E-state index contributed by atoms with van der Waals surface area (Å²) in [5.74, 6) is -0.0917. The maximum Gasteiger partial charge on any atom is 0.417 e. The zero-order valence-electron chi connectivity index (χ0n) is 24.5. The van der Waals surface area contributed by atoms with E-state index in [1.54, 1.807) is 29.9 Å². The van der Waals surface area contributed by atoms with Crippen molar-refractivity contribution in [1.29, 1.82) is 0 Å². The summed E-state index contributed by atoms with van der Waals surface area (Å²) in [6.07, 6.45) is 8.84. The second-order valence-corrected chi connectivity index (χ2v) is 11.2. The number of H-pyrrole nitrogens is 5. The lowest BCUT2D eigenvalue weighted by molar-refractivity contribution is -0.118. The molecular weight excluding hydrogens is 584 g/mol. The van der Waals surface area contributed by atoms with Crippen LogP contribution in [0.4, 0.5) is 0 Å². The monoisotopic (exact) mass is 614 g/mol. The van der Waals surface area contributed by atoms with Gasteiger partial charge >= 0.3 is 17.1 Å². The third kappa shape index (κ3) is 6.98. The van der Waals surface area contributed by atoms with Gasteiger partial charge in [0.15, 0.2) is 11.2 Å². The summed E-state index contributed by atoms with van der Waals surface area (Å²) in [6.45, 7) is 7.74. The van der Waals surface area contributed by atoms with E-state index in [1.165, 1.54) is 0 Å². The average molecular weight is 615 g/mol. The van der Waals surface area contributed by atoms with Crippen LogP contribution < -0.4 is 17.1 Å². The van der Waals surface area contributed by atoms with Crippen LogP contribution in [0, 0.1) is 27.7 Å². The number of thiophene rings is 1. The molecule has 44 heavy (non-hydrogen) atoms. The maximum absolute atomic E-state index is 11.1. The van der Waals surface area contributed by atoms with Gasteiger partial charge in [-0.25, -0.2) is 19.4 Å². The van der Waals surface area contributed by atoms with Crippen LogP contribution in [-0.2, 0) is 17.6 Å². The number of aromatic amines is 5. The summed E-state index contributed by atoms with van der Waals surface area (Å²) in [6, 6.07) is 3.92. The lowest BCUT2D eigenvalue weighted by Gasteiger charge is -2.13. The molecule has 0 aromatic carbocycles. The highest BCUT2D eigenvalue weighted by molar-refractivity contribution is 7.16. The van der Waals surface area contributed by atoms with Crippen molar-refractivity contribution in [2.45, 2.75) is 47.0 Å². The number of aromatic nitrogens is 8. The molecule has 7 heterocycles. The molecule has 0 saturated heterocycles. The summed E-state index contributed by atoms with van der Waals surface area (Å²) in [5, 5.41) is 2.01. The molecule has 7 aromatic rings. The van der Waals surface area contributed by atoms with E-state index in [1.807, 2.05) is 45.3 Å². The number of hydrogen-bond acceptors (Lipinski definition) is 9. The maximum atomic E-state index is 11.1. The van der Waals surface area contributed by atoms with Crippen molar-refractivity contribution in [3.8, 4) is 0 Å². The Hall–Kier alpha value is -5.37. The van der Waals surface area contributed by atoms with Crippen molar-refractivity contribution in [2.75, 3.05) is 0 Å². The van der Waals surface area contributed by atoms with Gasteiger partial charge in [-0.05, 0) is 67.8 Å². The molecule has 1 aliphatic rings. The highest BCUT2D eigenvalue weighted by Crippen LogP contribution is 2.19. The van der Waals surface area contributed by atoms with Gasteiger partial charge in [-0.2, -0.15) is 0 Å². The van der Waals surface area contributed by atoms with Crippen molar-refractivity contribution in [1.82, 2.24) is 39.9 Å². The van der Waals surface area contributed by atoms with E-state index in [0.717, 1.165) is 55.8 Å². The summed E-state index contributed by atoms with van der Waals surface area (Å²) in [4.78, 5) is 69.5. The predicted octanol–water partition coefficient (Wildman–Crippen LogP) is 4.06. The lowest BCUT2D eigenvalue weighted by atomic mass is 9.94. The van der Waals surface area contributed by atoms with Crippen LogP contribution in [0.2, 0.25) is 0 Å². The van der Waals surface area contributed by atoms with Gasteiger partial charge in [0, 0.05) is 42.7 Å². The minimum absolute atomic E-state index is 0.120. The summed E-state index contributed by atoms with van der Waals surface area (Å²) >= 11 is 1.55.